The molecule has 2 aromatic heterocycles. The van der Waals surface area contributed by atoms with E-state index in [0.717, 1.165) is 28.5 Å². The Labute approximate surface area is 200 Å². The van der Waals surface area contributed by atoms with E-state index in [9.17, 15) is 18.8 Å². The molecule has 1 fully saturated rings. The number of hydrogen-bond acceptors (Lipinski definition) is 5. The number of hydrogen-bond donors (Lipinski definition) is 0. The van der Waals surface area contributed by atoms with Crippen molar-refractivity contribution in [2.24, 2.45) is 0 Å². The SMILES string of the molecule is Cc1ccc(C(=O)Cn2cnc3c2c(=O)n(C[C@@H]2CCCO2)c(=O)n3-c2ccc(F)cc2)c(C)c1. The van der Waals surface area contributed by atoms with E-state index in [4.69, 9.17) is 4.74 Å². The summed E-state index contributed by atoms with van der Waals surface area (Å²) in [4.78, 5) is 44.5. The molecule has 1 aliphatic heterocycles. The molecular formula is C26H25FN4O4. The Morgan fingerprint density at radius 3 is 2.60 bits per heavy atom. The van der Waals surface area contributed by atoms with Crippen LogP contribution in [0.25, 0.3) is 16.9 Å². The van der Waals surface area contributed by atoms with Crippen molar-refractivity contribution in [1.29, 1.82) is 0 Å². The second-order valence-corrected chi connectivity index (χ2v) is 8.93. The number of imidazole rings is 1. The molecule has 180 valence electrons. The number of rotatable bonds is 6. The number of halogens is 1. The quantitative estimate of drug-likeness (QED) is 0.399. The van der Waals surface area contributed by atoms with Gasteiger partial charge < -0.3 is 9.30 Å². The van der Waals surface area contributed by atoms with Gasteiger partial charge in [0.15, 0.2) is 16.9 Å². The van der Waals surface area contributed by atoms with E-state index >= 15 is 0 Å². The van der Waals surface area contributed by atoms with Crippen molar-refractivity contribution in [3.05, 3.63) is 92.1 Å². The van der Waals surface area contributed by atoms with Crippen molar-refractivity contribution >= 4 is 16.9 Å². The van der Waals surface area contributed by atoms with Gasteiger partial charge in [-0.25, -0.2) is 18.7 Å². The van der Waals surface area contributed by atoms with Gasteiger partial charge in [0.25, 0.3) is 5.56 Å². The number of nitrogens with zero attached hydrogens (tertiary/aromatic N) is 4. The number of benzene rings is 2. The molecular weight excluding hydrogens is 451 g/mol. The van der Waals surface area contributed by atoms with Crippen LogP contribution in [-0.4, -0.2) is 37.2 Å². The number of Topliss-reactive ketones (excluding diaryl/α,β-unsaturated/α-hetero) is 1. The molecule has 0 N–H and O–H groups in total. The van der Waals surface area contributed by atoms with E-state index in [1.165, 1.54) is 39.7 Å². The zero-order chi connectivity index (χ0) is 24.7. The zero-order valence-electron chi connectivity index (χ0n) is 19.5. The Hall–Kier alpha value is -3.85. The summed E-state index contributed by atoms with van der Waals surface area (Å²) >= 11 is 0. The normalized spacial score (nSPS) is 15.7. The number of carbonyl (C=O) groups excluding carboxylic acids is 1. The summed E-state index contributed by atoms with van der Waals surface area (Å²) in [6.45, 7) is 4.38. The minimum Gasteiger partial charge on any atom is -0.376 e. The molecule has 9 heteroatoms. The molecule has 0 saturated carbocycles. The maximum Gasteiger partial charge on any atom is 0.337 e. The molecule has 3 heterocycles. The summed E-state index contributed by atoms with van der Waals surface area (Å²) in [6, 6.07) is 11.0. The third kappa shape index (κ3) is 4.23. The molecule has 2 aromatic carbocycles. The van der Waals surface area contributed by atoms with Gasteiger partial charge in [-0.2, -0.15) is 0 Å². The molecule has 35 heavy (non-hydrogen) atoms. The lowest BCUT2D eigenvalue weighted by molar-refractivity contribution is 0.0947. The van der Waals surface area contributed by atoms with Crippen LogP contribution in [0, 0.1) is 19.7 Å². The lowest BCUT2D eigenvalue weighted by atomic mass is 10.0. The molecule has 5 rings (SSSR count). The van der Waals surface area contributed by atoms with Crippen LogP contribution < -0.4 is 11.2 Å². The van der Waals surface area contributed by atoms with Gasteiger partial charge >= 0.3 is 5.69 Å². The third-order valence-electron chi connectivity index (χ3n) is 6.39. The molecule has 1 aliphatic rings. The molecule has 0 aliphatic carbocycles. The van der Waals surface area contributed by atoms with Crippen LogP contribution >= 0.6 is 0 Å². The van der Waals surface area contributed by atoms with Crippen LogP contribution in [0.1, 0.15) is 34.3 Å². The number of aromatic nitrogens is 4. The summed E-state index contributed by atoms with van der Waals surface area (Å²) in [6.07, 6.45) is 2.73. The minimum atomic E-state index is -0.587. The van der Waals surface area contributed by atoms with Crippen LogP contribution in [0.5, 0.6) is 0 Å². The maximum absolute atomic E-state index is 13.6. The average molecular weight is 477 g/mol. The van der Waals surface area contributed by atoms with Crippen LogP contribution in [0.4, 0.5) is 4.39 Å². The molecule has 0 radical (unpaired) electrons. The summed E-state index contributed by atoms with van der Waals surface area (Å²) < 4.78 is 23.1. The number of ketones is 1. The standard InChI is InChI=1S/C26H25FN4O4/c1-16-5-10-21(17(2)12-16)22(32)14-29-15-28-24-23(29)25(33)30(13-20-4-3-11-35-20)26(34)31(24)19-8-6-18(27)7-9-19/h5-10,12,15,20H,3-4,11,13-14H2,1-2H3/t20-/m0/s1. The van der Waals surface area contributed by atoms with Crippen LogP contribution in [0.3, 0.4) is 0 Å². The van der Waals surface area contributed by atoms with Crippen LogP contribution in [0.2, 0.25) is 0 Å². The molecule has 0 amide bonds. The minimum absolute atomic E-state index is 0.0883. The van der Waals surface area contributed by atoms with Crippen LogP contribution in [-0.2, 0) is 17.8 Å². The molecule has 8 nitrogen and oxygen atoms in total. The van der Waals surface area contributed by atoms with Crippen molar-refractivity contribution in [2.75, 3.05) is 6.61 Å². The second-order valence-electron chi connectivity index (χ2n) is 8.93. The number of aryl methyl sites for hydroxylation is 2. The first-order chi connectivity index (χ1) is 16.8. The van der Waals surface area contributed by atoms with Crippen molar-refractivity contribution in [2.45, 2.75) is 45.9 Å². The average Bonchev–Trinajstić information content (AvgIpc) is 3.48. The van der Waals surface area contributed by atoms with Crippen LogP contribution in [0.15, 0.2) is 58.4 Å². The fourth-order valence-corrected chi connectivity index (χ4v) is 4.64. The summed E-state index contributed by atoms with van der Waals surface area (Å²) in [5.74, 6) is -0.623. The topological polar surface area (TPSA) is 88.1 Å². The number of fused-ring (bicyclic) bond motifs is 1. The fraction of sp³-hybridized carbons (Fsp3) is 0.308. The van der Waals surface area contributed by atoms with Crippen molar-refractivity contribution < 1.29 is 13.9 Å². The third-order valence-corrected chi connectivity index (χ3v) is 6.39. The Morgan fingerprint density at radius 2 is 1.91 bits per heavy atom. The van der Waals surface area contributed by atoms with E-state index in [1.807, 2.05) is 26.0 Å². The summed E-state index contributed by atoms with van der Waals surface area (Å²) in [5, 5.41) is 0. The van der Waals surface area contributed by atoms with E-state index in [-0.39, 0.29) is 36.1 Å². The molecule has 1 atom stereocenters. The van der Waals surface area contributed by atoms with Crippen molar-refractivity contribution in [1.82, 2.24) is 18.7 Å². The highest BCUT2D eigenvalue weighted by Crippen LogP contribution is 2.18. The maximum atomic E-state index is 13.6. The van der Waals surface area contributed by atoms with Gasteiger partial charge in [-0.1, -0.05) is 23.8 Å². The van der Waals surface area contributed by atoms with Gasteiger partial charge in [0, 0.05) is 12.2 Å². The first kappa shape index (κ1) is 22.9. The predicted molar refractivity (Wildman–Crippen MR) is 129 cm³/mol. The van der Waals surface area contributed by atoms with Gasteiger partial charge in [-0.3, -0.25) is 14.2 Å². The highest BCUT2D eigenvalue weighted by atomic mass is 19.1. The Bertz CT molecular complexity index is 1540. The first-order valence-corrected chi connectivity index (χ1v) is 11.5. The largest absolute Gasteiger partial charge is 0.376 e. The number of carbonyl (C=O) groups is 1. The van der Waals surface area contributed by atoms with Gasteiger partial charge in [0.1, 0.15) is 5.82 Å². The van der Waals surface area contributed by atoms with E-state index in [2.05, 4.69) is 4.98 Å². The zero-order valence-corrected chi connectivity index (χ0v) is 19.5. The molecule has 0 spiro atoms. The number of ether oxygens (including phenoxy) is 1. The smallest absolute Gasteiger partial charge is 0.337 e. The van der Waals surface area contributed by atoms with Gasteiger partial charge in [0.05, 0.1) is 31.2 Å². The highest BCUT2D eigenvalue weighted by molar-refractivity contribution is 5.98. The van der Waals surface area contributed by atoms with E-state index < -0.39 is 17.1 Å². The monoisotopic (exact) mass is 476 g/mol. The van der Waals surface area contributed by atoms with Gasteiger partial charge in [-0.05, 0) is 56.5 Å². The second kappa shape index (κ2) is 9.07. The summed E-state index contributed by atoms with van der Waals surface area (Å²) in [5.41, 5.74) is 1.94. The Kier molecular flexibility index (Phi) is 5.94. The molecule has 0 bridgehead atoms. The Balaban J connectivity index is 1.67. The fourth-order valence-electron chi connectivity index (χ4n) is 4.64. The van der Waals surface area contributed by atoms with Gasteiger partial charge in [-0.15, -0.1) is 0 Å². The molecule has 4 aromatic rings. The Morgan fingerprint density at radius 1 is 1.14 bits per heavy atom. The van der Waals surface area contributed by atoms with Crippen molar-refractivity contribution in [3.63, 3.8) is 0 Å². The lowest BCUT2D eigenvalue weighted by Crippen LogP contribution is -2.42. The van der Waals surface area contributed by atoms with E-state index in [0.29, 0.717) is 17.9 Å². The predicted octanol–water partition coefficient (Wildman–Crippen LogP) is 3.17. The summed E-state index contributed by atoms with van der Waals surface area (Å²) in [7, 11) is 0. The lowest BCUT2D eigenvalue weighted by Gasteiger charge is -2.15. The first-order valence-electron chi connectivity index (χ1n) is 11.5. The van der Waals surface area contributed by atoms with Crippen molar-refractivity contribution in [3.8, 4) is 5.69 Å². The molecule has 1 saturated heterocycles. The van der Waals surface area contributed by atoms with Gasteiger partial charge in [0.2, 0.25) is 0 Å². The highest BCUT2D eigenvalue weighted by Gasteiger charge is 2.24. The molecule has 0 unspecified atom stereocenters. The van der Waals surface area contributed by atoms with E-state index in [1.54, 1.807) is 6.07 Å².